The van der Waals surface area contributed by atoms with Gasteiger partial charge in [-0.25, -0.2) is 0 Å². The fraction of sp³-hybridized carbons (Fsp3) is 0.333. The zero-order valence-corrected chi connectivity index (χ0v) is 12.3. The van der Waals surface area contributed by atoms with Crippen molar-refractivity contribution >= 4 is 23.2 Å². The normalized spacial score (nSPS) is 17.7. The molecule has 5 nitrogen and oxygen atoms in total. The summed E-state index contributed by atoms with van der Waals surface area (Å²) in [6, 6.07) is 7.64. The van der Waals surface area contributed by atoms with Gasteiger partial charge in [0.15, 0.2) is 0 Å². The molecule has 3 heterocycles. The Kier molecular flexibility index (Phi) is 4.06. The molecule has 0 saturated carbocycles. The monoisotopic (exact) mass is 304 g/mol. The SMILES string of the molecule is O=C1CC(C(=O)N(Cc2ccco2)Cc2cccs2)CN1. The van der Waals surface area contributed by atoms with Crippen LogP contribution in [-0.2, 0) is 22.7 Å². The molecule has 2 aromatic heterocycles. The second-order valence-electron chi connectivity index (χ2n) is 5.06. The minimum Gasteiger partial charge on any atom is -0.467 e. The molecule has 0 spiro atoms. The van der Waals surface area contributed by atoms with E-state index >= 15 is 0 Å². The predicted octanol–water partition coefficient (Wildman–Crippen LogP) is 2.01. The number of thiophene rings is 1. The molecule has 2 aromatic rings. The van der Waals surface area contributed by atoms with E-state index in [4.69, 9.17) is 4.42 Å². The van der Waals surface area contributed by atoms with E-state index in [0.717, 1.165) is 10.6 Å². The summed E-state index contributed by atoms with van der Waals surface area (Å²) in [6.45, 7) is 1.40. The maximum Gasteiger partial charge on any atom is 0.228 e. The Balaban J connectivity index is 1.74. The summed E-state index contributed by atoms with van der Waals surface area (Å²) in [7, 11) is 0. The van der Waals surface area contributed by atoms with Crippen LogP contribution in [0.4, 0.5) is 0 Å². The van der Waals surface area contributed by atoms with E-state index < -0.39 is 0 Å². The average molecular weight is 304 g/mol. The highest BCUT2D eigenvalue weighted by molar-refractivity contribution is 7.09. The van der Waals surface area contributed by atoms with Crippen LogP contribution in [0.1, 0.15) is 17.1 Å². The number of hydrogen-bond acceptors (Lipinski definition) is 4. The van der Waals surface area contributed by atoms with E-state index in [0.29, 0.717) is 19.6 Å². The molecule has 1 unspecified atom stereocenters. The Hall–Kier alpha value is -2.08. The van der Waals surface area contributed by atoms with Crippen molar-refractivity contribution in [2.24, 2.45) is 5.92 Å². The van der Waals surface area contributed by atoms with Crippen molar-refractivity contribution in [1.82, 2.24) is 10.2 Å². The zero-order valence-electron chi connectivity index (χ0n) is 11.5. The van der Waals surface area contributed by atoms with Crippen LogP contribution in [0.5, 0.6) is 0 Å². The van der Waals surface area contributed by atoms with Crippen molar-refractivity contribution in [2.45, 2.75) is 19.5 Å². The molecule has 0 bridgehead atoms. The maximum atomic E-state index is 12.6. The first-order valence-electron chi connectivity index (χ1n) is 6.82. The van der Waals surface area contributed by atoms with Gasteiger partial charge in [-0.1, -0.05) is 6.07 Å². The smallest absolute Gasteiger partial charge is 0.228 e. The molecule has 1 saturated heterocycles. The van der Waals surface area contributed by atoms with E-state index in [-0.39, 0.29) is 24.2 Å². The van der Waals surface area contributed by atoms with Crippen molar-refractivity contribution in [2.75, 3.05) is 6.54 Å². The number of hydrogen-bond donors (Lipinski definition) is 1. The molecule has 6 heteroatoms. The maximum absolute atomic E-state index is 12.6. The number of nitrogens with one attached hydrogen (secondary N) is 1. The van der Waals surface area contributed by atoms with Gasteiger partial charge in [0.05, 0.1) is 25.3 Å². The van der Waals surface area contributed by atoms with Gasteiger partial charge in [0.2, 0.25) is 11.8 Å². The van der Waals surface area contributed by atoms with Gasteiger partial charge in [0.1, 0.15) is 5.76 Å². The van der Waals surface area contributed by atoms with Crippen LogP contribution in [0.15, 0.2) is 40.3 Å². The predicted molar refractivity (Wildman–Crippen MR) is 78.4 cm³/mol. The molecular weight excluding hydrogens is 288 g/mol. The van der Waals surface area contributed by atoms with Crippen molar-refractivity contribution in [3.63, 3.8) is 0 Å². The van der Waals surface area contributed by atoms with Crippen LogP contribution >= 0.6 is 11.3 Å². The summed E-state index contributed by atoms with van der Waals surface area (Å²) >= 11 is 1.62. The number of rotatable bonds is 5. The van der Waals surface area contributed by atoms with Crippen LogP contribution < -0.4 is 5.32 Å². The number of carbonyl (C=O) groups is 2. The largest absolute Gasteiger partial charge is 0.467 e. The number of amides is 2. The third-order valence-electron chi connectivity index (χ3n) is 3.49. The molecule has 3 rings (SSSR count). The second-order valence-corrected chi connectivity index (χ2v) is 6.09. The van der Waals surface area contributed by atoms with Crippen LogP contribution in [-0.4, -0.2) is 23.3 Å². The van der Waals surface area contributed by atoms with Gasteiger partial charge in [0, 0.05) is 17.8 Å². The quantitative estimate of drug-likeness (QED) is 0.919. The lowest BCUT2D eigenvalue weighted by Gasteiger charge is -2.23. The van der Waals surface area contributed by atoms with Crippen LogP contribution in [0, 0.1) is 5.92 Å². The van der Waals surface area contributed by atoms with Gasteiger partial charge < -0.3 is 14.6 Å². The number of carbonyl (C=O) groups excluding carboxylic acids is 2. The summed E-state index contributed by atoms with van der Waals surface area (Å²) in [6.07, 6.45) is 1.88. The Bertz CT molecular complexity index is 571. The molecule has 0 radical (unpaired) electrons. The van der Waals surface area contributed by atoms with Crippen molar-refractivity contribution in [3.8, 4) is 0 Å². The number of furan rings is 1. The molecular formula is C15H16N2O3S. The highest BCUT2D eigenvalue weighted by Gasteiger charge is 2.31. The highest BCUT2D eigenvalue weighted by atomic mass is 32.1. The standard InChI is InChI=1S/C15H16N2O3S/c18-14-7-11(8-16-14)15(19)17(9-12-3-1-5-20-12)10-13-4-2-6-21-13/h1-6,11H,7-10H2,(H,16,18). The fourth-order valence-electron chi connectivity index (χ4n) is 2.43. The Morgan fingerprint density at radius 2 is 2.29 bits per heavy atom. The molecule has 1 N–H and O–H groups in total. The summed E-state index contributed by atoms with van der Waals surface area (Å²) < 4.78 is 5.34. The lowest BCUT2D eigenvalue weighted by Crippen LogP contribution is -2.36. The zero-order chi connectivity index (χ0) is 14.7. The van der Waals surface area contributed by atoms with Gasteiger partial charge in [-0.05, 0) is 23.6 Å². The lowest BCUT2D eigenvalue weighted by atomic mass is 10.1. The van der Waals surface area contributed by atoms with Gasteiger partial charge >= 0.3 is 0 Å². The van der Waals surface area contributed by atoms with E-state index in [1.54, 1.807) is 22.5 Å². The first-order valence-corrected chi connectivity index (χ1v) is 7.70. The Morgan fingerprint density at radius 3 is 2.90 bits per heavy atom. The van der Waals surface area contributed by atoms with Crippen LogP contribution in [0.2, 0.25) is 0 Å². The number of nitrogens with zero attached hydrogens (tertiary/aromatic N) is 1. The molecule has 0 aliphatic carbocycles. The Morgan fingerprint density at radius 1 is 1.38 bits per heavy atom. The van der Waals surface area contributed by atoms with Crippen LogP contribution in [0.25, 0.3) is 0 Å². The highest BCUT2D eigenvalue weighted by Crippen LogP contribution is 2.20. The van der Waals surface area contributed by atoms with Gasteiger partial charge in [-0.3, -0.25) is 9.59 Å². The molecule has 2 amide bonds. The van der Waals surface area contributed by atoms with E-state index in [1.807, 2.05) is 29.6 Å². The molecule has 1 aliphatic rings. The minimum absolute atomic E-state index is 0.00171. The van der Waals surface area contributed by atoms with Crippen molar-refractivity contribution in [1.29, 1.82) is 0 Å². The molecule has 21 heavy (non-hydrogen) atoms. The first-order chi connectivity index (χ1) is 10.2. The van der Waals surface area contributed by atoms with Gasteiger partial charge in [-0.2, -0.15) is 0 Å². The summed E-state index contributed by atoms with van der Waals surface area (Å²) in [5.74, 6) is 0.421. The third-order valence-corrected chi connectivity index (χ3v) is 4.35. The van der Waals surface area contributed by atoms with Crippen molar-refractivity contribution < 1.29 is 14.0 Å². The second kappa shape index (κ2) is 6.13. The lowest BCUT2D eigenvalue weighted by molar-refractivity contribution is -0.137. The van der Waals surface area contributed by atoms with Gasteiger partial charge in [0.25, 0.3) is 0 Å². The summed E-state index contributed by atoms with van der Waals surface area (Å²) in [4.78, 5) is 26.8. The molecule has 1 fully saturated rings. The first kappa shape index (κ1) is 13.9. The van der Waals surface area contributed by atoms with Gasteiger partial charge in [-0.15, -0.1) is 11.3 Å². The molecule has 110 valence electrons. The Labute approximate surface area is 126 Å². The van der Waals surface area contributed by atoms with Crippen LogP contribution in [0.3, 0.4) is 0 Å². The molecule has 1 aliphatic heterocycles. The van der Waals surface area contributed by atoms with E-state index in [2.05, 4.69) is 5.32 Å². The topological polar surface area (TPSA) is 62.6 Å². The average Bonchev–Trinajstić information content (AvgIpc) is 3.19. The summed E-state index contributed by atoms with van der Waals surface area (Å²) in [5.41, 5.74) is 0. The van der Waals surface area contributed by atoms with E-state index in [9.17, 15) is 9.59 Å². The third kappa shape index (κ3) is 3.33. The molecule has 0 aromatic carbocycles. The van der Waals surface area contributed by atoms with E-state index in [1.165, 1.54) is 0 Å². The fourth-order valence-corrected chi connectivity index (χ4v) is 3.15. The van der Waals surface area contributed by atoms with Crippen molar-refractivity contribution in [3.05, 3.63) is 46.5 Å². The summed E-state index contributed by atoms with van der Waals surface area (Å²) in [5, 5.41) is 4.71. The minimum atomic E-state index is -0.271. The molecule has 1 atom stereocenters.